The molecule has 1 spiro atoms. The van der Waals surface area contributed by atoms with Crippen molar-refractivity contribution in [3.8, 4) is 0 Å². The Kier molecular flexibility index (Phi) is 2.22. The number of benzene rings is 1. The highest BCUT2D eigenvalue weighted by Gasteiger charge is 2.48. The second kappa shape index (κ2) is 3.83. The number of carbonyl (C=O) groups excluding carboxylic acids is 1. The van der Waals surface area contributed by atoms with Gasteiger partial charge in [-0.3, -0.25) is 4.79 Å². The number of hydrogen-bond donors (Lipinski definition) is 0. The molecule has 1 aliphatic heterocycles. The molecule has 2 aliphatic carbocycles. The van der Waals surface area contributed by atoms with Crippen LogP contribution in [0.25, 0.3) is 5.76 Å². The van der Waals surface area contributed by atoms with Gasteiger partial charge in [-0.2, -0.15) is 0 Å². The van der Waals surface area contributed by atoms with Gasteiger partial charge in [-0.1, -0.05) is 36.8 Å². The van der Waals surface area contributed by atoms with Crippen LogP contribution in [-0.4, -0.2) is 5.78 Å². The molecule has 0 amide bonds. The number of ether oxygens (including phenoxy) is 1. The topological polar surface area (TPSA) is 26.3 Å². The van der Waals surface area contributed by atoms with Crippen LogP contribution in [0.2, 0.25) is 0 Å². The Morgan fingerprint density at radius 2 is 1.84 bits per heavy atom. The summed E-state index contributed by atoms with van der Waals surface area (Å²) < 4.78 is 6.02. The number of Topliss-reactive ketones (excluding diaryl/α,β-unsaturated/α-hetero) is 1. The summed E-state index contributed by atoms with van der Waals surface area (Å²) in [6, 6.07) is 10.2. The molecular weight excluding hydrogens is 236 g/mol. The van der Waals surface area contributed by atoms with Crippen LogP contribution >= 0.6 is 0 Å². The minimum absolute atomic E-state index is 0.00760. The van der Waals surface area contributed by atoms with E-state index in [4.69, 9.17) is 4.74 Å². The van der Waals surface area contributed by atoms with Crippen molar-refractivity contribution in [1.82, 2.24) is 0 Å². The molecule has 2 nitrogen and oxygen atoms in total. The van der Waals surface area contributed by atoms with E-state index in [0.29, 0.717) is 12.2 Å². The SMILES string of the molecule is O=C1CCC2=C1C1(C=C(c3ccccc3)O2)CCC1. The van der Waals surface area contributed by atoms with Gasteiger partial charge in [0.25, 0.3) is 0 Å². The van der Waals surface area contributed by atoms with E-state index in [1.54, 1.807) is 0 Å². The monoisotopic (exact) mass is 252 g/mol. The molecule has 1 fully saturated rings. The molecule has 0 radical (unpaired) electrons. The zero-order chi connectivity index (χ0) is 12.9. The van der Waals surface area contributed by atoms with Gasteiger partial charge in [0, 0.05) is 29.4 Å². The standard InChI is InChI=1S/C17H16O2/c18-13-7-8-14-16(13)17(9-4-10-17)11-15(19-14)12-5-2-1-3-6-12/h1-3,5-6,11H,4,7-10H2. The maximum Gasteiger partial charge on any atom is 0.163 e. The van der Waals surface area contributed by atoms with E-state index in [0.717, 1.165) is 41.9 Å². The van der Waals surface area contributed by atoms with Crippen LogP contribution in [0, 0.1) is 5.41 Å². The third-order valence-corrected chi connectivity index (χ3v) is 4.58. The van der Waals surface area contributed by atoms with E-state index in [1.807, 2.05) is 18.2 Å². The minimum atomic E-state index is -0.00760. The molecule has 1 heterocycles. The first kappa shape index (κ1) is 11.0. The maximum atomic E-state index is 12.1. The first-order chi connectivity index (χ1) is 9.28. The lowest BCUT2D eigenvalue weighted by Crippen LogP contribution is -2.34. The number of carbonyl (C=O) groups is 1. The molecule has 4 rings (SSSR count). The van der Waals surface area contributed by atoms with Gasteiger partial charge in [0.15, 0.2) is 5.78 Å². The largest absolute Gasteiger partial charge is 0.461 e. The van der Waals surface area contributed by atoms with E-state index in [-0.39, 0.29) is 5.41 Å². The Bertz CT molecular complexity index is 603. The van der Waals surface area contributed by atoms with Gasteiger partial charge in [0.1, 0.15) is 11.5 Å². The van der Waals surface area contributed by atoms with Gasteiger partial charge in [-0.25, -0.2) is 0 Å². The fourth-order valence-electron chi connectivity index (χ4n) is 3.47. The molecule has 3 aliphatic rings. The van der Waals surface area contributed by atoms with E-state index < -0.39 is 0 Å². The summed E-state index contributed by atoms with van der Waals surface area (Å²) in [4.78, 5) is 12.1. The Balaban J connectivity index is 1.80. The summed E-state index contributed by atoms with van der Waals surface area (Å²) in [7, 11) is 0. The van der Waals surface area contributed by atoms with E-state index in [1.165, 1.54) is 6.42 Å². The molecule has 0 bridgehead atoms. The lowest BCUT2D eigenvalue weighted by Gasteiger charge is -2.43. The molecule has 0 unspecified atom stereocenters. The third-order valence-electron chi connectivity index (χ3n) is 4.58. The molecule has 0 saturated heterocycles. The highest BCUT2D eigenvalue weighted by molar-refractivity contribution is 6.01. The van der Waals surface area contributed by atoms with Gasteiger partial charge in [-0.05, 0) is 18.9 Å². The van der Waals surface area contributed by atoms with Crippen LogP contribution in [0.5, 0.6) is 0 Å². The molecular formula is C17H16O2. The first-order valence-electron chi connectivity index (χ1n) is 7.01. The third kappa shape index (κ3) is 1.52. The summed E-state index contributed by atoms with van der Waals surface area (Å²) in [5.41, 5.74) is 2.09. The van der Waals surface area contributed by atoms with Crippen molar-refractivity contribution in [3.63, 3.8) is 0 Å². The summed E-state index contributed by atoms with van der Waals surface area (Å²) in [6.07, 6.45) is 7.01. The normalized spacial score (nSPS) is 23.8. The van der Waals surface area contributed by atoms with Crippen LogP contribution in [-0.2, 0) is 9.53 Å². The highest BCUT2D eigenvalue weighted by atomic mass is 16.5. The lowest BCUT2D eigenvalue weighted by atomic mass is 9.62. The van der Waals surface area contributed by atoms with E-state index >= 15 is 0 Å². The van der Waals surface area contributed by atoms with Crippen molar-refractivity contribution in [2.24, 2.45) is 5.41 Å². The summed E-state index contributed by atoms with van der Waals surface area (Å²) in [5, 5.41) is 0. The van der Waals surface area contributed by atoms with Gasteiger partial charge in [0.05, 0.1) is 0 Å². The van der Waals surface area contributed by atoms with Gasteiger partial charge in [0.2, 0.25) is 0 Å². The van der Waals surface area contributed by atoms with Crippen molar-refractivity contribution in [1.29, 1.82) is 0 Å². The molecule has 1 aromatic rings. The molecule has 0 N–H and O–H groups in total. The highest BCUT2D eigenvalue weighted by Crippen LogP contribution is 2.56. The molecule has 1 aromatic carbocycles. The second-order valence-electron chi connectivity index (χ2n) is 5.71. The summed E-state index contributed by atoms with van der Waals surface area (Å²) in [5.74, 6) is 2.18. The summed E-state index contributed by atoms with van der Waals surface area (Å²) >= 11 is 0. The molecule has 2 heteroatoms. The van der Waals surface area contributed by atoms with Crippen LogP contribution < -0.4 is 0 Å². The number of ketones is 1. The van der Waals surface area contributed by atoms with Crippen molar-refractivity contribution >= 4 is 11.5 Å². The fourth-order valence-corrected chi connectivity index (χ4v) is 3.47. The molecule has 19 heavy (non-hydrogen) atoms. The van der Waals surface area contributed by atoms with Gasteiger partial charge >= 0.3 is 0 Å². The Labute approximate surface area is 112 Å². The second-order valence-corrected chi connectivity index (χ2v) is 5.71. The predicted octanol–water partition coefficient (Wildman–Crippen LogP) is 3.85. The number of hydrogen-bond acceptors (Lipinski definition) is 2. The Morgan fingerprint density at radius 1 is 1.05 bits per heavy atom. The quantitative estimate of drug-likeness (QED) is 0.759. The van der Waals surface area contributed by atoms with Crippen molar-refractivity contribution in [2.45, 2.75) is 32.1 Å². The molecule has 96 valence electrons. The minimum Gasteiger partial charge on any atom is -0.461 e. The van der Waals surface area contributed by atoms with Crippen molar-refractivity contribution in [3.05, 3.63) is 53.3 Å². The van der Waals surface area contributed by atoms with Crippen LogP contribution in [0.4, 0.5) is 0 Å². The first-order valence-corrected chi connectivity index (χ1v) is 7.01. The Morgan fingerprint density at radius 3 is 2.53 bits per heavy atom. The maximum absolute atomic E-state index is 12.1. The zero-order valence-electron chi connectivity index (χ0n) is 10.8. The van der Waals surface area contributed by atoms with Crippen LogP contribution in [0.15, 0.2) is 47.7 Å². The molecule has 0 aromatic heterocycles. The molecule has 0 atom stereocenters. The average Bonchev–Trinajstić information content (AvgIpc) is 2.79. The molecule has 1 saturated carbocycles. The van der Waals surface area contributed by atoms with E-state index in [9.17, 15) is 4.79 Å². The number of fused-ring (bicyclic) bond motifs is 1. The van der Waals surface area contributed by atoms with Gasteiger partial charge in [-0.15, -0.1) is 0 Å². The van der Waals surface area contributed by atoms with Crippen LogP contribution in [0.1, 0.15) is 37.7 Å². The van der Waals surface area contributed by atoms with Crippen molar-refractivity contribution in [2.75, 3.05) is 0 Å². The van der Waals surface area contributed by atoms with E-state index in [2.05, 4.69) is 18.2 Å². The van der Waals surface area contributed by atoms with Crippen molar-refractivity contribution < 1.29 is 9.53 Å². The smallest absolute Gasteiger partial charge is 0.163 e. The number of allylic oxidation sites excluding steroid dienone is 3. The van der Waals surface area contributed by atoms with Gasteiger partial charge < -0.3 is 4.74 Å². The van der Waals surface area contributed by atoms with Crippen LogP contribution in [0.3, 0.4) is 0 Å². The predicted molar refractivity (Wildman–Crippen MR) is 73.1 cm³/mol. The fraction of sp³-hybridized carbons (Fsp3) is 0.353. The Hall–Kier alpha value is -1.83. The zero-order valence-corrected chi connectivity index (χ0v) is 10.8. The number of rotatable bonds is 1. The summed E-state index contributed by atoms with van der Waals surface area (Å²) in [6.45, 7) is 0. The average molecular weight is 252 g/mol. The lowest BCUT2D eigenvalue weighted by molar-refractivity contribution is -0.116.